The van der Waals surface area contributed by atoms with Gasteiger partial charge in [-0.2, -0.15) is 0 Å². The first-order valence-corrected chi connectivity index (χ1v) is 5.62. The number of hydrogen-bond donors (Lipinski definition) is 0. The Bertz CT molecular complexity index is 434. The molecular weight excluding hydrogens is 196 g/mol. The maximum atomic E-state index is 5.81. The normalized spacial score (nSPS) is 10.1. The maximum Gasteiger partial charge on any atom is 0.135 e. The van der Waals surface area contributed by atoms with Crippen molar-refractivity contribution >= 4 is 0 Å². The van der Waals surface area contributed by atoms with Gasteiger partial charge >= 0.3 is 0 Å². The van der Waals surface area contributed by atoms with Crippen molar-refractivity contribution < 1.29 is 4.74 Å². The zero-order valence-corrected chi connectivity index (χ0v) is 9.44. The van der Waals surface area contributed by atoms with E-state index in [1.807, 2.05) is 42.5 Å². The zero-order valence-electron chi connectivity index (χ0n) is 9.44. The van der Waals surface area contributed by atoms with Crippen LogP contribution in [0.2, 0.25) is 0 Å². The summed E-state index contributed by atoms with van der Waals surface area (Å²) < 4.78 is 5.81. The fourth-order valence-electron chi connectivity index (χ4n) is 1.64. The molecule has 2 rings (SSSR count). The highest BCUT2D eigenvalue weighted by atomic mass is 16.5. The lowest BCUT2D eigenvalue weighted by atomic mass is 10.1. The fourth-order valence-corrected chi connectivity index (χ4v) is 1.64. The van der Waals surface area contributed by atoms with Gasteiger partial charge in [0.25, 0.3) is 0 Å². The third-order valence-electron chi connectivity index (χ3n) is 2.39. The predicted octanol–water partition coefficient (Wildman–Crippen LogP) is 4.23. The topological polar surface area (TPSA) is 9.23 Å². The molecule has 2 aromatic rings. The van der Waals surface area contributed by atoms with Gasteiger partial charge in [0.15, 0.2) is 0 Å². The van der Waals surface area contributed by atoms with E-state index in [-0.39, 0.29) is 0 Å². The highest BCUT2D eigenvalue weighted by molar-refractivity contribution is 5.37. The second kappa shape index (κ2) is 5.36. The second-order valence-corrected chi connectivity index (χ2v) is 3.69. The van der Waals surface area contributed by atoms with Crippen LogP contribution in [-0.4, -0.2) is 0 Å². The minimum absolute atomic E-state index is 0.769. The van der Waals surface area contributed by atoms with Gasteiger partial charge in [-0.25, -0.2) is 0 Å². The lowest BCUT2D eigenvalue weighted by Crippen LogP contribution is -1.91. The van der Waals surface area contributed by atoms with Crippen LogP contribution in [0.1, 0.15) is 18.9 Å². The molecule has 0 amide bonds. The smallest absolute Gasteiger partial charge is 0.135 e. The molecule has 0 aliphatic carbocycles. The summed E-state index contributed by atoms with van der Waals surface area (Å²) in [5.74, 6) is 1.71. The molecule has 16 heavy (non-hydrogen) atoms. The summed E-state index contributed by atoms with van der Waals surface area (Å²) in [5, 5.41) is 0. The molecule has 0 saturated heterocycles. The van der Waals surface area contributed by atoms with Gasteiger partial charge in [-0.1, -0.05) is 49.7 Å². The highest BCUT2D eigenvalue weighted by Gasteiger charge is 2.02. The molecule has 1 radical (unpaired) electrons. The SMILES string of the molecule is CCCc1ccccc1Oc1[c]cccc1. The fraction of sp³-hybridized carbons (Fsp3) is 0.200. The molecule has 81 valence electrons. The number of para-hydroxylation sites is 2. The lowest BCUT2D eigenvalue weighted by Gasteiger charge is -2.09. The van der Waals surface area contributed by atoms with Crippen molar-refractivity contribution in [2.24, 2.45) is 0 Å². The third kappa shape index (κ3) is 2.63. The predicted molar refractivity (Wildman–Crippen MR) is 65.8 cm³/mol. The largest absolute Gasteiger partial charge is 0.456 e. The standard InChI is InChI=1S/C15H15O/c1-2-8-13-9-6-7-12-15(13)16-14-10-4-3-5-11-14/h3-7,9-10,12H,2,8H2,1H3. The van der Waals surface area contributed by atoms with Crippen molar-refractivity contribution in [2.45, 2.75) is 19.8 Å². The molecule has 0 N–H and O–H groups in total. The molecule has 0 fully saturated rings. The monoisotopic (exact) mass is 211 g/mol. The van der Waals surface area contributed by atoms with E-state index in [0.29, 0.717) is 0 Å². The van der Waals surface area contributed by atoms with Crippen LogP contribution in [-0.2, 0) is 6.42 Å². The van der Waals surface area contributed by atoms with Crippen molar-refractivity contribution in [3.63, 3.8) is 0 Å². The van der Waals surface area contributed by atoms with Crippen molar-refractivity contribution in [3.05, 3.63) is 60.2 Å². The molecule has 0 unspecified atom stereocenters. The Hall–Kier alpha value is -1.76. The molecule has 1 heteroatoms. The van der Waals surface area contributed by atoms with Gasteiger partial charge in [-0.15, -0.1) is 0 Å². The van der Waals surface area contributed by atoms with E-state index in [0.717, 1.165) is 24.3 Å². The molecule has 0 atom stereocenters. The van der Waals surface area contributed by atoms with E-state index in [9.17, 15) is 0 Å². The number of hydrogen-bond acceptors (Lipinski definition) is 1. The number of benzene rings is 2. The first-order valence-electron chi connectivity index (χ1n) is 5.62. The van der Waals surface area contributed by atoms with E-state index in [2.05, 4.69) is 19.1 Å². The summed E-state index contributed by atoms with van der Waals surface area (Å²) in [6.07, 6.45) is 2.17. The van der Waals surface area contributed by atoms with Crippen LogP contribution in [0.4, 0.5) is 0 Å². The number of rotatable bonds is 4. The van der Waals surface area contributed by atoms with E-state index in [1.54, 1.807) is 0 Å². The Morgan fingerprint density at radius 3 is 2.62 bits per heavy atom. The molecule has 0 heterocycles. The van der Waals surface area contributed by atoms with Crippen LogP contribution >= 0.6 is 0 Å². The first-order chi connectivity index (χ1) is 7.90. The van der Waals surface area contributed by atoms with E-state index < -0.39 is 0 Å². The molecule has 0 saturated carbocycles. The van der Waals surface area contributed by atoms with E-state index >= 15 is 0 Å². The summed E-state index contributed by atoms with van der Waals surface area (Å²) in [4.78, 5) is 0. The Kier molecular flexibility index (Phi) is 3.60. The molecule has 0 aliphatic heterocycles. The maximum absolute atomic E-state index is 5.81. The summed E-state index contributed by atoms with van der Waals surface area (Å²) in [7, 11) is 0. The van der Waals surface area contributed by atoms with E-state index in [1.165, 1.54) is 5.56 Å². The van der Waals surface area contributed by atoms with Crippen LogP contribution < -0.4 is 4.74 Å². The highest BCUT2D eigenvalue weighted by Crippen LogP contribution is 2.25. The second-order valence-electron chi connectivity index (χ2n) is 3.69. The van der Waals surface area contributed by atoms with Crippen molar-refractivity contribution in [3.8, 4) is 11.5 Å². The third-order valence-corrected chi connectivity index (χ3v) is 2.39. The van der Waals surface area contributed by atoms with Crippen LogP contribution in [0.15, 0.2) is 48.5 Å². The summed E-state index contributed by atoms with van der Waals surface area (Å²) in [6, 6.07) is 18.9. The Morgan fingerprint density at radius 2 is 1.88 bits per heavy atom. The molecule has 0 spiro atoms. The van der Waals surface area contributed by atoms with Crippen LogP contribution in [0.3, 0.4) is 0 Å². The van der Waals surface area contributed by atoms with Gasteiger partial charge in [0.2, 0.25) is 0 Å². The molecule has 0 aliphatic rings. The molecule has 0 bridgehead atoms. The quantitative estimate of drug-likeness (QED) is 0.735. The van der Waals surface area contributed by atoms with E-state index in [4.69, 9.17) is 4.74 Å². The van der Waals surface area contributed by atoms with Crippen LogP contribution in [0, 0.1) is 6.07 Å². The molecular formula is C15H15O. The molecule has 1 nitrogen and oxygen atoms in total. The van der Waals surface area contributed by atoms with Gasteiger partial charge in [0.1, 0.15) is 11.5 Å². The van der Waals surface area contributed by atoms with Crippen molar-refractivity contribution in [2.75, 3.05) is 0 Å². The Labute approximate surface area is 96.7 Å². The average Bonchev–Trinajstić information content (AvgIpc) is 2.33. The van der Waals surface area contributed by atoms with Gasteiger partial charge in [-0.3, -0.25) is 0 Å². The minimum Gasteiger partial charge on any atom is -0.456 e. The van der Waals surface area contributed by atoms with Crippen molar-refractivity contribution in [1.29, 1.82) is 0 Å². The minimum atomic E-state index is 0.769. The van der Waals surface area contributed by atoms with Crippen LogP contribution in [0.5, 0.6) is 11.5 Å². The van der Waals surface area contributed by atoms with Gasteiger partial charge < -0.3 is 4.74 Å². The summed E-state index contributed by atoms with van der Waals surface area (Å²) in [5.41, 5.74) is 1.25. The van der Waals surface area contributed by atoms with Gasteiger partial charge in [0, 0.05) is 6.07 Å². The van der Waals surface area contributed by atoms with Gasteiger partial charge in [-0.05, 0) is 24.1 Å². The number of aryl methyl sites for hydroxylation is 1. The molecule has 2 aromatic carbocycles. The average molecular weight is 211 g/mol. The van der Waals surface area contributed by atoms with Crippen LogP contribution in [0.25, 0.3) is 0 Å². The van der Waals surface area contributed by atoms with Gasteiger partial charge in [0.05, 0.1) is 0 Å². The Morgan fingerprint density at radius 1 is 1.06 bits per heavy atom. The Balaban J connectivity index is 2.21. The first kappa shape index (κ1) is 10.7. The summed E-state index contributed by atoms with van der Waals surface area (Å²) in [6.45, 7) is 2.17. The molecule has 0 aromatic heterocycles. The zero-order chi connectivity index (χ0) is 11.2. The summed E-state index contributed by atoms with van der Waals surface area (Å²) >= 11 is 0. The number of ether oxygens (including phenoxy) is 1. The van der Waals surface area contributed by atoms with Crippen molar-refractivity contribution in [1.82, 2.24) is 0 Å². The lowest BCUT2D eigenvalue weighted by molar-refractivity contribution is 0.474.